The zero-order valence-corrected chi connectivity index (χ0v) is 21.7. The SMILES string of the molecule is COc1cccc([C@H]2OCC(C)(C)n3c(-c4ccc(C)cc4)c4c(=O)n(C)c(=O)n(C)c4c32)c1OC. The number of para-hydroxylation sites is 1. The molecule has 0 fully saturated rings. The highest BCUT2D eigenvalue weighted by Gasteiger charge is 2.41. The molecule has 2 aromatic heterocycles. The third kappa shape index (κ3) is 3.32. The molecule has 1 aliphatic heterocycles. The van der Waals surface area contributed by atoms with Crippen molar-refractivity contribution >= 4 is 10.9 Å². The summed E-state index contributed by atoms with van der Waals surface area (Å²) in [5.74, 6) is 1.13. The number of hydrogen-bond donors (Lipinski definition) is 0. The van der Waals surface area contributed by atoms with E-state index in [4.69, 9.17) is 14.2 Å². The van der Waals surface area contributed by atoms with Crippen LogP contribution in [-0.4, -0.2) is 34.5 Å². The summed E-state index contributed by atoms with van der Waals surface area (Å²) in [6, 6.07) is 13.7. The molecular weight excluding hydrogens is 458 g/mol. The second kappa shape index (κ2) is 8.41. The van der Waals surface area contributed by atoms with Gasteiger partial charge in [0, 0.05) is 19.7 Å². The van der Waals surface area contributed by atoms with Crippen LogP contribution in [0, 0.1) is 6.92 Å². The van der Waals surface area contributed by atoms with Crippen LogP contribution in [0.1, 0.15) is 36.8 Å². The highest BCUT2D eigenvalue weighted by atomic mass is 16.5. The molecule has 1 aliphatic rings. The van der Waals surface area contributed by atoms with E-state index in [0.717, 1.165) is 28.1 Å². The average Bonchev–Trinajstić information content (AvgIpc) is 3.24. The number of benzene rings is 2. The fourth-order valence-electron chi connectivity index (χ4n) is 5.34. The normalized spacial score (nSPS) is 16.7. The molecule has 0 amide bonds. The number of aryl methyl sites for hydroxylation is 2. The number of aromatic nitrogens is 3. The van der Waals surface area contributed by atoms with Gasteiger partial charge in [0.25, 0.3) is 5.56 Å². The van der Waals surface area contributed by atoms with E-state index in [1.165, 1.54) is 11.6 Å². The van der Waals surface area contributed by atoms with Gasteiger partial charge >= 0.3 is 5.69 Å². The molecule has 0 aliphatic carbocycles. The van der Waals surface area contributed by atoms with Crippen molar-refractivity contribution < 1.29 is 14.2 Å². The highest BCUT2D eigenvalue weighted by Crippen LogP contribution is 2.48. The Kier molecular flexibility index (Phi) is 5.59. The van der Waals surface area contributed by atoms with Crippen molar-refractivity contribution in [3.8, 4) is 22.8 Å². The minimum Gasteiger partial charge on any atom is -0.493 e. The lowest BCUT2D eigenvalue weighted by Gasteiger charge is -2.39. The standard InChI is InChI=1S/C28H31N3O5/c1-16-11-13-17(14-12-16)21-20-22(29(4)27(33)30(5)26(20)32)23-25(36-15-28(2,3)31(21)23)18-9-8-10-19(34-6)24(18)35-7/h8-14,25H,15H2,1-7H3/t25-/m1/s1. The third-order valence-corrected chi connectivity index (χ3v) is 7.11. The summed E-state index contributed by atoms with van der Waals surface area (Å²) in [6.45, 7) is 6.57. The van der Waals surface area contributed by atoms with Gasteiger partial charge in [-0.25, -0.2) is 4.79 Å². The molecule has 0 radical (unpaired) electrons. The molecule has 0 N–H and O–H groups in total. The summed E-state index contributed by atoms with van der Waals surface area (Å²) in [6.07, 6.45) is -0.595. The van der Waals surface area contributed by atoms with Crippen molar-refractivity contribution in [3.63, 3.8) is 0 Å². The van der Waals surface area contributed by atoms with Crippen LogP contribution >= 0.6 is 0 Å². The van der Waals surface area contributed by atoms with Crippen molar-refractivity contribution in [2.24, 2.45) is 14.1 Å². The summed E-state index contributed by atoms with van der Waals surface area (Å²) in [4.78, 5) is 26.8. The fourth-order valence-corrected chi connectivity index (χ4v) is 5.34. The predicted octanol–water partition coefficient (Wildman–Crippen LogP) is 3.89. The molecule has 8 nitrogen and oxygen atoms in total. The quantitative estimate of drug-likeness (QED) is 0.435. The Bertz CT molecular complexity index is 1610. The number of rotatable bonds is 4. The lowest BCUT2D eigenvalue weighted by atomic mass is 9.97. The molecule has 0 bridgehead atoms. The molecule has 36 heavy (non-hydrogen) atoms. The van der Waals surface area contributed by atoms with E-state index in [-0.39, 0.29) is 5.56 Å². The molecule has 3 heterocycles. The topological polar surface area (TPSA) is 76.6 Å². The smallest absolute Gasteiger partial charge is 0.331 e. The molecular formula is C28H31N3O5. The second-order valence-electron chi connectivity index (χ2n) is 9.95. The Morgan fingerprint density at radius 2 is 1.67 bits per heavy atom. The molecule has 188 valence electrons. The first kappa shape index (κ1) is 23.9. The van der Waals surface area contributed by atoms with Gasteiger partial charge in [0.15, 0.2) is 11.5 Å². The van der Waals surface area contributed by atoms with Gasteiger partial charge in [-0.1, -0.05) is 42.0 Å². The minimum absolute atomic E-state index is 0.335. The van der Waals surface area contributed by atoms with Crippen LogP contribution in [0.2, 0.25) is 0 Å². The molecule has 0 spiro atoms. The third-order valence-electron chi connectivity index (χ3n) is 7.11. The molecule has 8 heteroatoms. The van der Waals surface area contributed by atoms with E-state index >= 15 is 0 Å². The Morgan fingerprint density at radius 1 is 0.972 bits per heavy atom. The first-order valence-electron chi connectivity index (χ1n) is 11.9. The van der Waals surface area contributed by atoms with Gasteiger partial charge in [0.1, 0.15) is 6.10 Å². The van der Waals surface area contributed by atoms with Gasteiger partial charge in [0.2, 0.25) is 0 Å². The summed E-state index contributed by atoms with van der Waals surface area (Å²) >= 11 is 0. The maximum atomic E-state index is 13.7. The molecule has 4 aromatic rings. The maximum Gasteiger partial charge on any atom is 0.331 e. The van der Waals surface area contributed by atoms with E-state index in [2.05, 4.69) is 18.4 Å². The van der Waals surface area contributed by atoms with E-state index in [1.54, 1.807) is 25.8 Å². The second-order valence-corrected chi connectivity index (χ2v) is 9.95. The van der Waals surface area contributed by atoms with Crippen molar-refractivity contribution in [1.82, 2.24) is 13.7 Å². The maximum absolute atomic E-state index is 13.7. The number of nitrogens with zero attached hydrogens (tertiary/aromatic N) is 3. The molecule has 2 aromatic carbocycles. The summed E-state index contributed by atoms with van der Waals surface area (Å²) in [5, 5.41) is 0.490. The highest BCUT2D eigenvalue weighted by molar-refractivity contribution is 5.97. The zero-order valence-electron chi connectivity index (χ0n) is 21.7. The largest absolute Gasteiger partial charge is 0.493 e. The number of hydrogen-bond acceptors (Lipinski definition) is 5. The van der Waals surface area contributed by atoms with Gasteiger partial charge in [-0.3, -0.25) is 13.9 Å². The van der Waals surface area contributed by atoms with Crippen molar-refractivity contribution in [2.75, 3.05) is 20.8 Å². The Hall–Kier alpha value is -3.78. The lowest BCUT2D eigenvalue weighted by Crippen LogP contribution is -2.40. The Balaban J connectivity index is 2.00. The molecule has 5 rings (SSSR count). The van der Waals surface area contributed by atoms with E-state index < -0.39 is 17.3 Å². The predicted molar refractivity (Wildman–Crippen MR) is 139 cm³/mol. The number of fused-ring (bicyclic) bond motifs is 3. The van der Waals surface area contributed by atoms with E-state index in [1.807, 2.05) is 49.4 Å². The van der Waals surface area contributed by atoms with Crippen molar-refractivity contribution in [1.29, 1.82) is 0 Å². The van der Waals surface area contributed by atoms with Gasteiger partial charge in [-0.15, -0.1) is 0 Å². The fraction of sp³-hybridized carbons (Fsp3) is 0.357. The van der Waals surface area contributed by atoms with Crippen LogP contribution in [0.3, 0.4) is 0 Å². The number of ether oxygens (including phenoxy) is 3. The van der Waals surface area contributed by atoms with Crippen LogP contribution in [0.4, 0.5) is 0 Å². The summed E-state index contributed by atoms with van der Waals surface area (Å²) in [5.41, 5.74) is 3.62. The molecule has 0 saturated heterocycles. The van der Waals surface area contributed by atoms with Gasteiger partial charge < -0.3 is 18.8 Å². The summed E-state index contributed by atoms with van der Waals surface area (Å²) < 4.78 is 22.7. The first-order chi connectivity index (χ1) is 17.1. The Labute approximate surface area is 209 Å². The van der Waals surface area contributed by atoms with Crippen LogP contribution in [-0.2, 0) is 24.4 Å². The van der Waals surface area contributed by atoms with Gasteiger partial charge in [-0.05, 0) is 32.4 Å². The molecule has 1 atom stereocenters. The Morgan fingerprint density at radius 3 is 2.31 bits per heavy atom. The van der Waals surface area contributed by atoms with Crippen molar-refractivity contribution in [2.45, 2.75) is 32.4 Å². The van der Waals surface area contributed by atoms with Crippen LogP contribution in [0.15, 0.2) is 52.1 Å². The summed E-state index contributed by atoms with van der Waals surface area (Å²) in [7, 11) is 6.40. The van der Waals surface area contributed by atoms with E-state index in [9.17, 15) is 9.59 Å². The zero-order chi connectivity index (χ0) is 25.9. The average molecular weight is 490 g/mol. The minimum atomic E-state index is -0.595. The van der Waals surface area contributed by atoms with Gasteiger partial charge in [0.05, 0.1) is 48.7 Å². The number of methoxy groups -OCH3 is 2. The molecule has 0 unspecified atom stereocenters. The van der Waals surface area contributed by atoms with Crippen molar-refractivity contribution in [3.05, 3.63) is 80.1 Å². The molecule has 0 saturated carbocycles. The first-order valence-corrected chi connectivity index (χ1v) is 11.9. The lowest BCUT2D eigenvalue weighted by molar-refractivity contribution is -0.00811. The van der Waals surface area contributed by atoms with Crippen LogP contribution in [0.5, 0.6) is 11.5 Å². The van der Waals surface area contributed by atoms with Gasteiger partial charge in [-0.2, -0.15) is 0 Å². The monoisotopic (exact) mass is 489 g/mol. The van der Waals surface area contributed by atoms with Crippen LogP contribution in [0.25, 0.3) is 22.2 Å². The van der Waals surface area contributed by atoms with E-state index in [0.29, 0.717) is 29.0 Å². The van der Waals surface area contributed by atoms with Crippen LogP contribution < -0.4 is 20.7 Å².